The molecule has 0 amide bonds. The molecule has 31 heavy (non-hydrogen) atoms. The van der Waals surface area contributed by atoms with Gasteiger partial charge >= 0.3 is 12.1 Å². The second kappa shape index (κ2) is 8.78. The molecule has 0 unspecified atom stereocenters. The largest absolute Gasteiger partial charge is 0.471 e. The molecule has 1 aromatic heterocycles. The van der Waals surface area contributed by atoms with E-state index in [1.807, 2.05) is 0 Å². The summed E-state index contributed by atoms with van der Waals surface area (Å²) in [5, 5.41) is 7.55. The Labute approximate surface area is 174 Å². The number of oxime groups is 1. The van der Waals surface area contributed by atoms with Crippen molar-refractivity contribution >= 4 is 17.5 Å². The molecule has 0 bridgehead atoms. The summed E-state index contributed by atoms with van der Waals surface area (Å²) in [5.74, 6) is -0.905. The number of alkyl halides is 3. The molecule has 3 aromatic rings. The Kier molecular flexibility index (Phi) is 6.14. The van der Waals surface area contributed by atoms with Gasteiger partial charge < -0.3 is 21.0 Å². The van der Waals surface area contributed by atoms with Gasteiger partial charge in [-0.3, -0.25) is 0 Å². The van der Waals surface area contributed by atoms with Crippen LogP contribution in [0.4, 0.5) is 18.9 Å². The minimum atomic E-state index is -4.48. The van der Waals surface area contributed by atoms with E-state index >= 15 is 0 Å². The summed E-state index contributed by atoms with van der Waals surface area (Å²) in [7, 11) is 0. The molecule has 0 fully saturated rings. The molecule has 0 radical (unpaired) electrons. The average Bonchev–Trinajstić information content (AvgIpc) is 3.21. The third-order valence-corrected chi connectivity index (χ3v) is 4.25. The molecule has 1 heterocycles. The number of hydrogen-bond acceptors (Lipinski definition) is 6. The van der Waals surface area contributed by atoms with Crippen LogP contribution in [0, 0.1) is 6.92 Å². The minimum Gasteiger partial charge on any atom is -0.471 e. The van der Waals surface area contributed by atoms with E-state index in [4.69, 9.17) is 21.0 Å². The molecule has 0 atom stereocenters. The number of rotatable bonds is 6. The smallest absolute Gasteiger partial charge is 0.416 e. The highest BCUT2D eigenvalue weighted by Gasteiger charge is 2.30. The van der Waals surface area contributed by atoms with Gasteiger partial charge in [0.05, 0.1) is 5.56 Å². The predicted molar refractivity (Wildman–Crippen MR) is 106 cm³/mol. The normalized spacial score (nSPS) is 11.9. The van der Waals surface area contributed by atoms with Gasteiger partial charge in [0, 0.05) is 17.4 Å². The first-order chi connectivity index (χ1) is 14.6. The van der Waals surface area contributed by atoms with Gasteiger partial charge in [-0.25, -0.2) is 9.48 Å². The summed E-state index contributed by atoms with van der Waals surface area (Å²) < 4.78 is 44.8. The number of halogens is 3. The van der Waals surface area contributed by atoms with Crippen molar-refractivity contribution in [3.8, 4) is 5.75 Å². The number of anilines is 1. The van der Waals surface area contributed by atoms with Crippen LogP contribution in [0.15, 0.2) is 59.9 Å². The lowest BCUT2D eigenvalue weighted by Crippen LogP contribution is -2.17. The highest BCUT2D eigenvalue weighted by atomic mass is 19.4. The number of nitrogens with two attached hydrogens (primary N) is 2. The lowest BCUT2D eigenvalue weighted by Gasteiger charge is -2.10. The number of carbonyl (C=O) groups is 1. The Morgan fingerprint density at radius 1 is 1.19 bits per heavy atom. The minimum absolute atomic E-state index is 0.00401. The molecule has 162 valence electrons. The monoisotopic (exact) mass is 433 g/mol. The summed E-state index contributed by atoms with van der Waals surface area (Å²) in [6.45, 7) is 1.53. The maximum atomic E-state index is 12.8. The number of carbonyl (C=O) groups excluding carboxylic acids is 1. The van der Waals surface area contributed by atoms with Crippen LogP contribution in [0.3, 0.4) is 0 Å². The number of aromatic nitrogens is 2. The van der Waals surface area contributed by atoms with Crippen molar-refractivity contribution in [3.05, 3.63) is 77.1 Å². The number of nitrogen functional groups attached to an aromatic ring is 1. The van der Waals surface area contributed by atoms with Crippen LogP contribution in [0.2, 0.25) is 0 Å². The molecule has 2 aromatic carbocycles. The summed E-state index contributed by atoms with van der Waals surface area (Å²) in [6, 6.07) is 10.8. The van der Waals surface area contributed by atoms with Crippen LogP contribution < -0.4 is 16.2 Å². The van der Waals surface area contributed by atoms with Crippen molar-refractivity contribution < 1.29 is 27.5 Å². The number of benzene rings is 2. The molecule has 0 aliphatic rings. The van der Waals surface area contributed by atoms with Crippen molar-refractivity contribution in [1.82, 2.24) is 9.78 Å². The van der Waals surface area contributed by atoms with E-state index in [0.29, 0.717) is 16.8 Å². The van der Waals surface area contributed by atoms with E-state index in [-0.39, 0.29) is 24.0 Å². The van der Waals surface area contributed by atoms with E-state index in [1.165, 1.54) is 29.1 Å². The molecule has 3 rings (SSSR count). The molecule has 0 saturated heterocycles. The van der Waals surface area contributed by atoms with Crippen LogP contribution in [0.1, 0.15) is 27.2 Å². The van der Waals surface area contributed by atoms with Crippen molar-refractivity contribution in [3.63, 3.8) is 0 Å². The van der Waals surface area contributed by atoms with E-state index in [0.717, 1.165) is 12.1 Å². The first kappa shape index (κ1) is 21.7. The first-order valence-electron chi connectivity index (χ1n) is 8.89. The van der Waals surface area contributed by atoms with Gasteiger partial charge in [0.25, 0.3) is 0 Å². The fourth-order valence-corrected chi connectivity index (χ4v) is 2.56. The third kappa shape index (κ3) is 5.32. The number of hydrogen-bond donors (Lipinski definition) is 2. The van der Waals surface area contributed by atoms with Gasteiger partial charge in [-0.05, 0) is 42.8 Å². The van der Waals surface area contributed by atoms with Crippen molar-refractivity contribution in [2.45, 2.75) is 19.8 Å². The van der Waals surface area contributed by atoms with Crippen LogP contribution in [-0.4, -0.2) is 21.6 Å². The first-order valence-corrected chi connectivity index (χ1v) is 8.89. The standard InChI is InChI=1S/C20H18F3N5O3/c1-12-15(6-3-7-16(12)24)18(25)27-31-19(29)17-8-9-28(26-17)11-30-14-5-2-4-13(10-14)20(21,22)23/h2-10H,11,24H2,1H3,(H2,25,27). The highest BCUT2D eigenvalue weighted by Crippen LogP contribution is 2.31. The second-order valence-corrected chi connectivity index (χ2v) is 6.41. The molecule has 0 aliphatic heterocycles. The van der Waals surface area contributed by atoms with Gasteiger partial charge in [0.2, 0.25) is 0 Å². The van der Waals surface area contributed by atoms with E-state index < -0.39 is 17.7 Å². The summed E-state index contributed by atoms with van der Waals surface area (Å²) >= 11 is 0. The molecular weight excluding hydrogens is 415 g/mol. The van der Waals surface area contributed by atoms with Crippen molar-refractivity contribution in [1.29, 1.82) is 0 Å². The van der Waals surface area contributed by atoms with E-state index in [1.54, 1.807) is 25.1 Å². The lowest BCUT2D eigenvalue weighted by atomic mass is 10.1. The number of ether oxygens (including phenoxy) is 1. The quantitative estimate of drug-likeness (QED) is 0.202. The Hall–Kier alpha value is -4.02. The van der Waals surface area contributed by atoms with Crippen LogP contribution in [0.25, 0.3) is 0 Å². The maximum absolute atomic E-state index is 12.8. The molecule has 11 heteroatoms. The molecule has 4 N–H and O–H groups in total. The highest BCUT2D eigenvalue weighted by molar-refractivity contribution is 6.00. The molecular formula is C20H18F3N5O3. The Bertz CT molecular complexity index is 1130. The SMILES string of the molecule is Cc1c(N)cccc1/C(N)=N/OC(=O)c1ccn(COc2cccc(C(F)(F)F)c2)n1. The van der Waals surface area contributed by atoms with E-state index in [9.17, 15) is 18.0 Å². The topological polar surface area (TPSA) is 118 Å². The van der Waals surface area contributed by atoms with Gasteiger partial charge in [-0.1, -0.05) is 23.4 Å². The lowest BCUT2D eigenvalue weighted by molar-refractivity contribution is -0.137. The summed E-state index contributed by atoms with van der Waals surface area (Å²) in [6.07, 6.45) is -3.08. The van der Waals surface area contributed by atoms with Gasteiger partial charge in [0.1, 0.15) is 5.75 Å². The predicted octanol–water partition coefficient (Wildman–Crippen LogP) is 3.31. The Morgan fingerprint density at radius 2 is 1.94 bits per heavy atom. The molecule has 0 aliphatic carbocycles. The number of nitrogens with zero attached hydrogens (tertiary/aromatic N) is 3. The van der Waals surface area contributed by atoms with Crippen LogP contribution in [0.5, 0.6) is 5.75 Å². The molecule has 0 spiro atoms. The van der Waals surface area contributed by atoms with Gasteiger partial charge in [-0.2, -0.15) is 18.3 Å². The van der Waals surface area contributed by atoms with Gasteiger partial charge in [-0.15, -0.1) is 0 Å². The average molecular weight is 433 g/mol. The van der Waals surface area contributed by atoms with Crippen LogP contribution in [-0.2, 0) is 17.7 Å². The van der Waals surface area contributed by atoms with Gasteiger partial charge in [0.15, 0.2) is 18.3 Å². The second-order valence-electron chi connectivity index (χ2n) is 6.41. The Balaban J connectivity index is 1.61. The Morgan fingerprint density at radius 3 is 2.68 bits per heavy atom. The number of amidine groups is 1. The summed E-state index contributed by atoms with van der Waals surface area (Å²) in [5.41, 5.74) is 12.5. The zero-order valence-electron chi connectivity index (χ0n) is 16.3. The van der Waals surface area contributed by atoms with Crippen LogP contribution >= 0.6 is 0 Å². The van der Waals surface area contributed by atoms with Crippen molar-refractivity contribution in [2.24, 2.45) is 10.9 Å². The zero-order valence-corrected chi connectivity index (χ0v) is 16.3. The van der Waals surface area contributed by atoms with E-state index in [2.05, 4.69) is 10.3 Å². The summed E-state index contributed by atoms with van der Waals surface area (Å²) in [4.78, 5) is 16.9. The molecule has 8 nitrogen and oxygen atoms in total. The van der Waals surface area contributed by atoms with Crippen molar-refractivity contribution in [2.75, 3.05) is 5.73 Å². The maximum Gasteiger partial charge on any atom is 0.416 e. The fraction of sp³-hybridized carbons (Fsp3) is 0.150. The molecule has 0 saturated carbocycles. The zero-order chi connectivity index (χ0) is 22.6. The third-order valence-electron chi connectivity index (χ3n) is 4.25. The fourth-order valence-electron chi connectivity index (χ4n) is 2.56.